The minimum absolute atomic E-state index is 0.171. The van der Waals surface area contributed by atoms with Crippen molar-refractivity contribution in [3.05, 3.63) is 80.4 Å². The second-order valence-electron chi connectivity index (χ2n) is 7.19. The summed E-state index contributed by atoms with van der Waals surface area (Å²) in [6.07, 6.45) is 1.02. The van der Waals surface area contributed by atoms with Gasteiger partial charge in [0.05, 0.1) is 21.8 Å². The standard InChI is InChI=1S/C22H14Cl3FN2O4S2/c1-34(30,31)28-19-2-11-3-21(33-20(11)10-18(19)25)22(29)27-15-5-13(24)7-17(9-15)32-16-6-12(23)4-14(26)8-16/h2-10,28H,1H3,(H,27,29). The first-order valence-corrected chi connectivity index (χ1v) is 13.3. The van der Waals surface area contributed by atoms with E-state index in [0.29, 0.717) is 20.7 Å². The first kappa shape index (κ1) is 24.6. The summed E-state index contributed by atoms with van der Waals surface area (Å²) >= 11 is 19.4. The normalized spacial score (nSPS) is 11.4. The number of rotatable bonds is 6. The van der Waals surface area contributed by atoms with Crippen LogP contribution in [-0.2, 0) is 10.0 Å². The highest BCUT2D eigenvalue weighted by Gasteiger charge is 2.15. The SMILES string of the molecule is CS(=O)(=O)Nc1cc2cc(C(=O)Nc3cc(Cl)cc(Oc4cc(F)cc(Cl)c4)c3)sc2cc1Cl. The molecule has 2 N–H and O–H groups in total. The molecule has 0 saturated heterocycles. The third kappa shape index (κ3) is 6.11. The third-order valence-electron chi connectivity index (χ3n) is 4.33. The van der Waals surface area contributed by atoms with Crippen LogP contribution in [0.4, 0.5) is 15.8 Å². The minimum atomic E-state index is -3.52. The third-order valence-corrected chi connectivity index (χ3v) is 6.76. The first-order valence-electron chi connectivity index (χ1n) is 9.42. The Morgan fingerprint density at radius 1 is 0.941 bits per heavy atom. The lowest BCUT2D eigenvalue weighted by Gasteiger charge is -2.10. The maximum Gasteiger partial charge on any atom is 0.265 e. The molecule has 3 aromatic carbocycles. The van der Waals surface area contributed by atoms with E-state index in [9.17, 15) is 17.6 Å². The molecule has 0 aliphatic heterocycles. The fourth-order valence-corrected chi connectivity index (χ4v) is 5.38. The average molecular weight is 560 g/mol. The smallest absolute Gasteiger partial charge is 0.265 e. The molecule has 0 saturated carbocycles. The van der Waals surface area contributed by atoms with E-state index < -0.39 is 21.7 Å². The number of sulfonamides is 1. The second-order valence-corrected chi connectivity index (χ2v) is 11.3. The van der Waals surface area contributed by atoms with Crippen LogP contribution in [0.2, 0.25) is 15.1 Å². The van der Waals surface area contributed by atoms with Crippen molar-refractivity contribution in [1.82, 2.24) is 0 Å². The molecule has 12 heteroatoms. The maximum absolute atomic E-state index is 13.6. The monoisotopic (exact) mass is 558 g/mol. The minimum Gasteiger partial charge on any atom is -0.457 e. The fourth-order valence-electron chi connectivity index (χ4n) is 3.06. The Balaban J connectivity index is 1.57. The number of hydrogen-bond acceptors (Lipinski definition) is 5. The molecule has 1 amide bonds. The molecule has 1 heterocycles. The topological polar surface area (TPSA) is 84.5 Å². The van der Waals surface area contributed by atoms with Gasteiger partial charge in [0, 0.05) is 32.6 Å². The van der Waals surface area contributed by atoms with Gasteiger partial charge in [-0.3, -0.25) is 9.52 Å². The van der Waals surface area contributed by atoms with Crippen molar-refractivity contribution >= 4 is 83.5 Å². The highest BCUT2D eigenvalue weighted by molar-refractivity contribution is 7.92. The lowest BCUT2D eigenvalue weighted by Crippen LogP contribution is -2.10. The summed E-state index contributed by atoms with van der Waals surface area (Å²) in [5, 5.41) is 4.05. The van der Waals surface area contributed by atoms with Gasteiger partial charge in [0.1, 0.15) is 17.3 Å². The van der Waals surface area contributed by atoms with Crippen LogP contribution in [0, 0.1) is 5.82 Å². The second kappa shape index (κ2) is 9.59. The van der Waals surface area contributed by atoms with Gasteiger partial charge in [0.15, 0.2) is 0 Å². The van der Waals surface area contributed by atoms with Crippen LogP contribution < -0.4 is 14.8 Å². The van der Waals surface area contributed by atoms with Gasteiger partial charge in [-0.15, -0.1) is 11.3 Å². The Kier molecular flexibility index (Phi) is 6.93. The number of thiophene rings is 1. The Bertz CT molecular complexity index is 1520. The molecule has 0 aliphatic carbocycles. The molecule has 0 atom stereocenters. The molecule has 1 aromatic heterocycles. The summed E-state index contributed by atoms with van der Waals surface area (Å²) < 4.78 is 45.3. The van der Waals surface area contributed by atoms with Crippen LogP contribution in [0.1, 0.15) is 9.67 Å². The maximum atomic E-state index is 13.6. The van der Waals surface area contributed by atoms with E-state index in [1.807, 2.05) is 0 Å². The molecule has 4 rings (SSSR count). The molecular formula is C22H14Cl3FN2O4S2. The van der Waals surface area contributed by atoms with E-state index >= 15 is 0 Å². The Morgan fingerprint density at radius 2 is 1.62 bits per heavy atom. The number of amides is 1. The zero-order valence-electron chi connectivity index (χ0n) is 17.2. The van der Waals surface area contributed by atoms with E-state index in [0.717, 1.165) is 12.3 Å². The molecule has 0 bridgehead atoms. The van der Waals surface area contributed by atoms with Gasteiger partial charge in [-0.25, -0.2) is 12.8 Å². The quantitative estimate of drug-likeness (QED) is 0.257. The summed E-state index contributed by atoms with van der Waals surface area (Å²) in [7, 11) is -3.52. The number of carbonyl (C=O) groups is 1. The molecular weight excluding hydrogens is 546 g/mol. The van der Waals surface area contributed by atoms with Crippen LogP contribution in [0.3, 0.4) is 0 Å². The van der Waals surface area contributed by atoms with E-state index in [1.165, 1.54) is 41.7 Å². The lowest BCUT2D eigenvalue weighted by molar-refractivity contribution is 0.103. The fraction of sp³-hybridized carbons (Fsp3) is 0.0455. The van der Waals surface area contributed by atoms with E-state index in [4.69, 9.17) is 39.5 Å². The Labute approximate surface area is 213 Å². The van der Waals surface area contributed by atoms with E-state index in [1.54, 1.807) is 18.2 Å². The molecule has 0 radical (unpaired) electrons. The van der Waals surface area contributed by atoms with Gasteiger partial charge < -0.3 is 10.1 Å². The average Bonchev–Trinajstić information content (AvgIpc) is 3.08. The Morgan fingerprint density at radius 3 is 2.29 bits per heavy atom. The number of ether oxygens (including phenoxy) is 1. The molecule has 0 aliphatic rings. The van der Waals surface area contributed by atoms with Gasteiger partial charge in [-0.05, 0) is 47.9 Å². The summed E-state index contributed by atoms with van der Waals surface area (Å²) in [5.41, 5.74) is 0.570. The molecule has 0 spiro atoms. The highest BCUT2D eigenvalue weighted by Crippen LogP contribution is 2.35. The lowest BCUT2D eigenvalue weighted by atomic mass is 10.2. The number of fused-ring (bicyclic) bond motifs is 1. The summed E-state index contributed by atoms with van der Waals surface area (Å²) in [6, 6.07) is 13.1. The first-order chi connectivity index (χ1) is 15.9. The predicted molar refractivity (Wildman–Crippen MR) is 136 cm³/mol. The predicted octanol–water partition coefficient (Wildman–Crippen LogP) is 7.42. The van der Waals surface area contributed by atoms with Crippen LogP contribution >= 0.6 is 46.1 Å². The van der Waals surface area contributed by atoms with Crippen LogP contribution in [-0.4, -0.2) is 20.6 Å². The van der Waals surface area contributed by atoms with Crippen molar-refractivity contribution in [3.63, 3.8) is 0 Å². The zero-order valence-corrected chi connectivity index (χ0v) is 21.1. The van der Waals surface area contributed by atoms with Crippen molar-refractivity contribution in [2.45, 2.75) is 0 Å². The van der Waals surface area contributed by atoms with Crippen molar-refractivity contribution in [1.29, 1.82) is 0 Å². The van der Waals surface area contributed by atoms with E-state index in [2.05, 4.69) is 10.0 Å². The van der Waals surface area contributed by atoms with Gasteiger partial charge in [0.25, 0.3) is 5.91 Å². The number of halogens is 4. The molecule has 6 nitrogen and oxygen atoms in total. The van der Waals surface area contributed by atoms with Gasteiger partial charge in [-0.2, -0.15) is 0 Å². The van der Waals surface area contributed by atoms with Crippen molar-refractivity contribution in [3.8, 4) is 11.5 Å². The molecule has 4 aromatic rings. The van der Waals surface area contributed by atoms with Crippen molar-refractivity contribution < 1.29 is 22.3 Å². The van der Waals surface area contributed by atoms with Crippen molar-refractivity contribution in [2.24, 2.45) is 0 Å². The summed E-state index contributed by atoms with van der Waals surface area (Å²) in [6.45, 7) is 0. The summed E-state index contributed by atoms with van der Waals surface area (Å²) in [4.78, 5) is 13.2. The number of carbonyl (C=O) groups excluding carboxylic acids is 1. The molecule has 176 valence electrons. The highest BCUT2D eigenvalue weighted by atomic mass is 35.5. The largest absolute Gasteiger partial charge is 0.457 e. The zero-order chi connectivity index (χ0) is 24.6. The Hall–Kier alpha value is -2.56. The summed E-state index contributed by atoms with van der Waals surface area (Å²) in [5.74, 6) is -0.539. The van der Waals surface area contributed by atoms with E-state index in [-0.39, 0.29) is 32.3 Å². The van der Waals surface area contributed by atoms with Crippen LogP contribution in [0.5, 0.6) is 11.5 Å². The van der Waals surface area contributed by atoms with Crippen molar-refractivity contribution in [2.75, 3.05) is 16.3 Å². The molecule has 34 heavy (non-hydrogen) atoms. The van der Waals surface area contributed by atoms with Gasteiger partial charge >= 0.3 is 0 Å². The number of benzene rings is 3. The van der Waals surface area contributed by atoms with Gasteiger partial charge in [-0.1, -0.05) is 34.8 Å². The number of anilines is 2. The van der Waals surface area contributed by atoms with Crippen LogP contribution in [0.25, 0.3) is 10.1 Å². The molecule has 0 unspecified atom stereocenters. The molecule has 0 fully saturated rings. The number of nitrogens with one attached hydrogen (secondary N) is 2. The number of hydrogen-bond donors (Lipinski definition) is 2. The van der Waals surface area contributed by atoms with Crippen LogP contribution in [0.15, 0.2) is 54.6 Å². The van der Waals surface area contributed by atoms with Gasteiger partial charge in [0.2, 0.25) is 10.0 Å².